The molecule has 1 aromatic heterocycles. The third-order valence-electron chi connectivity index (χ3n) is 4.25. The maximum absolute atomic E-state index is 12.4. The van der Waals surface area contributed by atoms with Gasteiger partial charge in [0.2, 0.25) is 0 Å². The number of halogens is 1. The van der Waals surface area contributed by atoms with Gasteiger partial charge in [-0.15, -0.1) is 0 Å². The van der Waals surface area contributed by atoms with Gasteiger partial charge in [-0.1, -0.05) is 20.3 Å². The number of nitrogens with two attached hydrogens (primary N) is 1. The fourth-order valence-electron chi connectivity index (χ4n) is 2.92. The molecular weight excluding hydrogens is 332 g/mol. The Morgan fingerprint density at radius 3 is 2.95 bits per heavy atom. The Hall–Kier alpha value is -0.880. The predicted octanol–water partition coefficient (Wildman–Crippen LogP) is 2.37. The van der Waals surface area contributed by atoms with Gasteiger partial charge in [-0.2, -0.15) is 5.10 Å². The molecule has 118 valence electrons. The number of hydrogen-bond donors (Lipinski definition) is 1. The van der Waals surface area contributed by atoms with Gasteiger partial charge in [-0.3, -0.25) is 4.79 Å². The quantitative estimate of drug-likeness (QED) is 0.879. The van der Waals surface area contributed by atoms with Crippen LogP contribution in [0.5, 0.6) is 0 Å². The predicted molar refractivity (Wildman–Crippen MR) is 89.7 cm³/mol. The zero-order valence-electron chi connectivity index (χ0n) is 12.9. The van der Waals surface area contributed by atoms with Crippen molar-refractivity contribution in [1.82, 2.24) is 9.78 Å². The van der Waals surface area contributed by atoms with Gasteiger partial charge in [0, 0.05) is 25.7 Å². The van der Waals surface area contributed by atoms with E-state index in [1.165, 1.54) is 0 Å². The molecule has 2 heterocycles. The van der Waals surface area contributed by atoms with Gasteiger partial charge in [-0.05, 0) is 41.1 Å². The molecule has 1 saturated heterocycles. The molecule has 2 atom stereocenters. The van der Waals surface area contributed by atoms with Crippen LogP contribution in [0, 0.1) is 5.92 Å². The molecule has 2 rings (SSSR count). The fraction of sp³-hybridized carbons (Fsp3) is 0.733. The van der Waals surface area contributed by atoms with Crippen molar-refractivity contribution in [3.63, 3.8) is 0 Å². The number of piperidine rings is 1. The zero-order chi connectivity index (χ0) is 15.4. The van der Waals surface area contributed by atoms with Gasteiger partial charge >= 0.3 is 0 Å². The highest BCUT2D eigenvalue weighted by atomic mass is 79.9. The summed E-state index contributed by atoms with van der Waals surface area (Å²) in [5, 5.41) is 4.33. The van der Waals surface area contributed by atoms with Gasteiger partial charge in [0.05, 0.1) is 11.9 Å². The van der Waals surface area contributed by atoms with Crippen molar-refractivity contribution in [2.45, 2.75) is 52.1 Å². The minimum Gasteiger partial charge on any atom is -0.365 e. The topological polar surface area (TPSA) is 64.2 Å². The number of anilines is 1. The molecular formula is C15H25BrN4O. The summed E-state index contributed by atoms with van der Waals surface area (Å²) in [7, 11) is 0. The number of unbranched alkanes of at least 4 members (excludes halogenated alkanes) is 1. The van der Waals surface area contributed by atoms with E-state index in [-0.39, 0.29) is 11.6 Å². The first kappa shape index (κ1) is 16.5. The lowest BCUT2D eigenvalue weighted by molar-refractivity contribution is 0.365. The average molecular weight is 357 g/mol. The van der Waals surface area contributed by atoms with Crippen molar-refractivity contribution in [3.05, 3.63) is 21.0 Å². The van der Waals surface area contributed by atoms with Crippen molar-refractivity contribution < 1.29 is 0 Å². The van der Waals surface area contributed by atoms with Crippen LogP contribution in [0.3, 0.4) is 0 Å². The van der Waals surface area contributed by atoms with Crippen molar-refractivity contribution in [2.75, 3.05) is 18.0 Å². The average Bonchev–Trinajstić information content (AvgIpc) is 2.49. The second kappa shape index (κ2) is 7.40. The standard InChI is InChI=1S/C15H25BrN4O/c1-3-4-6-20-15(21)14(16)13(10-18-20)19-7-5-11(2)8-12(19)9-17/h10-12H,3-9,17H2,1-2H3. The number of aromatic nitrogens is 2. The Balaban J connectivity index is 2.27. The van der Waals surface area contributed by atoms with E-state index in [0.717, 1.165) is 37.9 Å². The molecule has 0 bridgehead atoms. The van der Waals surface area contributed by atoms with Gasteiger partial charge in [0.25, 0.3) is 5.56 Å². The summed E-state index contributed by atoms with van der Waals surface area (Å²) in [6.07, 6.45) is 6.02. The van der Waals surface area contributed by atoms with Crippen molar-refractivity contribution in [2.24, 2.45) is 11.7 Å². The molecule has 5 nitrogen and oxygen atoms in total. The molecule has 21 heavy (non-hydrogen) atoms. The van der Waals surface area contributed by atoms with E-state index >= 15 is 0 Å². The lowest BCUT2D eigenvalue weighted by Gasteiger charge is -2.39. The van der Waals surface area contributed by atoms with Gasteiger partial charge in [0.15, 0.2) is 0 Å². The van der Waals surface area contributed by atoms with Crippen LogP contribution in [0.1, 0.15) is 39.5 Å². The summed E-state index contributed by atoms with van der Waals surface area (Å²) in [6.45, 7) is 6.58. The van der Waals surface area contributed by atoms with Crippen LogP contribution in [0.25, 0.3) is 0 Å². The summed E-state index contributed by atoms with van der Waals surface area (Å²) in [6, 6.07) is 0.290. The molecule has 0 saturated carbocycles. The lowest BCUT2D eigenvalue weighted by Crippen LogP contribution is -2.47. The summed E-state index contributed by atoms with van der Waals surface area (Å²) in [4.78, 5) is 14.6. The van der Waals surface area contributed by atoms with Crippen molar-refractivity contribution >= 4 is 21.6 Å². The molecule has 0 spiro atoms. The molecule has 1 aromatic rings. The maximum Gasteiger partial charge on any atom is 0.283 e. The minimum atomic E-state index is -0.0460. The molecule has 1 aliphatic rings. The number of hydrogen-bond acceptors (Lipinski definition) is 4. The molecule has 1 fully saturated rings. The minimum absolute atomic E-state index is 0.0460. The summed E-state index contributed by atoms with van der Waals surface area (Å²) < 4.78 is 2.16. The van der Waals surface area contributed by atoms with Crippen LogP contribution in [-0.2, 0) is 6.54 Å². The zero-order valence-corrected chi connectivity index (χ0v) is 14.5. The number of nitrogens with zero attached hydrogens (tertiary/aromatic N) is 3. The Bertz CT molecular complexity index is 531. The summed E-state index contributed by atoms with van der Waals surface area (Å²) in [5.41, 5.74) is 6.75. The normalized spacial score (nSPS) is 22.6. The van der Waals surface area contributed by atoms with E-state index in [0.29, 0.717) is 23.5 Å². The first-order chi connectivity index (χ1) is 10.1. The van der Waals surface area contributed by atoms with Crippen LogP contribution in [-0.4, -0.2) is 28.9 Å². The van der Waals surface area contributed by atoms with E-state index in [1.807, 2.05) is 0 Å². The Morgan fingerprint density at radius 1 is 1.52 bits per heavy atom. The van der Waals surface area contributed by atoms with Crippen LogP contribution in [0.15, 0.2) is 15.5 Å². The van der Waals surface area contributed by atoms with Crippen LogP contribution in [0.2, 0.25) is 0 Å². The lowest BCUT2D eigenvalue weighted by atomic mass is 9.92. The van der Waals surface area contributed by atoms with Crippen LogP contribution >= 0.6 is 15.9 Å². The second-order valence-corrected chi connectivity index (χ2v) is 6.73. The third kappa shape index (κ3) is 3.66. The van der Waals surface area contributed by atoms with E-state index in [9.17, 15) is 4.79 Å². The largest absolute Gasteiger partial charge is 0.365 e. The first-order valence-electron chi connectivity index (χ1n) is 7.80. The van der Waals surface area contributed by atoms with Gasteiger partial charge in [-0.25, -0.2) is 4.68 Å². The van der Waals surface area contributed by atoms with Gasteiger partial charge < -0.3 is 10.6 Å². The van der Waals surface area contributed by atoms with E-state index in [1.54, 1.807) is 10.9 Å². The van der Waals surface area contributed by atoms with E-state index < -0.39 is 0 Å². The molecule has 0 radical (unpaired) electrons. The Kier molecular flexibility index (Phi) is 5.81. The maximum atomic E-state index is 12.4. The molecule has 0 aromatic carbocycles. The number of aryl methyl sites for hydroxylation is 1. The molecule has 6 heteroatoms. The van der Waals surface area contributed by atoms with Crippen LogP contribution in [0.4, 0.5) is 5.69 Å². The van der Waals surface area contributed by atoms with E-state index in [4.69, 9.17) is 5.73 Å². The Labute approximate surface area is 134 Å². The molecule has 2 unspecified atom stereocenters. The van der Waals surface area contributed by atoms with Crippen molar-refractivity contribution in [1.29, 1.82) is 0 Å². The highest BCUT2D eigenvalue weighted by Crippen LogP contribution is 2.30. The number of rotatable bonds is 5. The monoisotopic (exact) mass is 356 g/mol. The molecule has 0 aliphatic carbocycles. The highest BCUT2D eigenvalue weighted by Gasteiger charge is 2.27. The fourth-order valence-corrected chi connectivity index (χ4v) is 3.45. The summed E-state index contributed by atoms with van der Waals surface area (Å²) in [5.74, 6) is 0.687. The molecule has 2 N–H and O–H groups in total. The molecule has 1 aliphatic heterocycles. The van der Waals surface area contributed by atoms with Gasteiger partial charge in [0.1, 0.15) is 4.47 Å². The third-order valence-corrected chi connectivity index (χ3v) is 4.99. The van der Waals surface area contributed by atoms with Crippen LogP contribution < -0.4 is 16.2 Å². The summed E-state index contributed by atoms with van der Waals surface area (Å²) >= 11 is 3.47. The Morgan fingerprint density at radius 2 is 2.29 bits per heavy atom. The van der Waals surface area contributed by atoms with E-state index in [2.05, 4.69) is 39.8 Å². The smallest absolute Gasteiger partial charge is 0.283 e. The van der Waals surface area contributed by atoms with Crippen molar-refractivity contribution in [3.8, 4) is 0 Å². The molecule has 0 amide bonds. The second-order valence-electron chi connectivity index (χ2n) is 5.94. The highest BCUT2D eigenvalue weighted by molar-refractivity contribution is 9.10. The first-order valence-corrected chi connectivity index (χ1v) is 8.60. The SMILES string of the molecule is CCCCn1ncc(N2CCC(C)CC2CN)c(Br)c1=O.